The molecule has 1 aromatic heterocycles. The van der Waals surface area contributed by atoms with Gasteiger partial charge in [0.25, 0.3) is 0 Å². The molecule has 0 unspecified atom stereocenters. The maximum atomic E-state index is 10.6. The summed E-state index contributed by atoms with van der Waals surface area (Å²) in [6, 6.07) is 0. The largest absolute Gasteiger partial charge is 0.368 e. The summed E-state index contributed by atoms with van der Waals surface area (Å²) in [5.74, 6) is 6.49. The number of aryl methyl sites for hydroxylation is 1. The normalized spacial score (nSPS) is 9.20. The Hall–Kier alpha value is -1.54. The standard InChI is InChI=1S/C10H11N3OS/c1-7-9(6-12-10(11)13-7)4-3-5-15-8(2)14/h6H,5H2,1-2H3,(H2,11,12,13). The Kier molecular flexibility index (Phi) is 4.13. The number of rotatable bonds is 1. The second-order valence-corrected chi connectivity index (χ2v) is 3.96. The van der Waals surface area contributed by atoms with Gasteiger partial charge in [-0.05, 0) is 6.92 Å². The molecular formula is C10H11N3OS. The third kappa shape index (κ3) is 4.00. The molecule has 0 aliphatic carbocycles. The summed E-state index contributed by atoms with van der Waals surface area (Å²) < 4.78 is 0. The fourth-order valence-corrected chi connectivity index (χ4v) is 1.22. The van der Waals surface area contributed by atoms with Crippen LogP contribution in [0.5, 0.6) is 0 Å². The van der Waals surface area contributed by atoms with Crippen molar-refractivity contribution in [3.8, 4) is 11.8 Å². The summed E-state index contributed by atoms with van der Waals surface area (Å²) in [4.78, 5) is 18.4. The summed E-state index contributed by atoms with van der Waals surface area (Å²) in [5.41, 5.74) is 6.90. The molecule has 0 saturated heterocycles. The van der Waals surface area contributed by atoms with Gasteiger partial charge in [-0.2, -0.15) is 0 Å². The SMILES string of the molecule is CC(=O)SCC#Cc1cnc(N)nc1C. The zero-order valence-electron chi connectivity index (χ0n) is 8.57. The van der Waals surface area contributed by atoms with Crippen molar-refractivity contribution in [2.24, 2.45) is 0 Å². The summed E-state index contributed by atoms with van der Waals surface area (Å²) in [6.07, 6.45) is 1.59. The van der Waals surface area contributed by atoms with Crippen LogP contribution in [0.3, 0.4) is 0 Å². The molecule has 0 aromatic carbocycles. The third-order valence-electron chi connectivity index (χ3n) is 1.57. The van der Waals surface area contributed by atoms with Crippen molar-refractivity contribution >= 4 is 22.8 Å². The van der Waals surface area contributed by atoms with Crippen molar-refractivity contribution < 1.29 is 4.79 Å². The lowest BCUT2D eigenvalue weighted by atomic mass is 10.2. The van der Waals surface area contributed by atoms with Gasteiger partial charge in [0, 0.05) is 13.1 Å². The minimum atomic E-state index is 0.0644. The Balaban J connectivity index is 2.67. The Morgan fingerprint density at radius 1 is 1.67 bits per heavy atom. The molecule has 4 nitrogen and oxygen atoms in total. The average Bonchev–Trinajstić information content (AvgIpc) is 2.14. The molecule has 0 aliphatic heterocycles. The Labute approximate surface area is 92.7 Å². The number of nitrogens with two attached hydrogens (primary N) is 1. The first-order chi connectivity index (χ1) is 7.09. The van der Waals surface area contributed by atoms with Crippen molar-refractivity contribution in [3.05, 3.63) is 17.5 Å². The van der Waals surface area contributed by atoms with Crippen LogP contribution in [0.4, 0.5) is 5.95 Å². The first-order valence-electron chi connectivity index (χ1n) is 4.31. The van der Waals surface area contributed by atoms with E-state index >= 15 is 0 Å². The van der Waals surface area contributed by atoms with Crippen molar-refractivity contribution in [2.45, 2.75) is 13.8 Å². The lowest BCUT2D eigenvalue weighted by Gasteiger charge is -1.96. The molecule has 0 radical (unpaired) electrons. The van der Waals surface area contributed by atoms with Gasteiger partial charge >= 0.3 is 0 Å². The van der Waals surface area contributed by atoms with E-state index in [1.165, 1.54) is 18.7 Å². The number of thioether (sulfide) groups is 1. The molecular weight excluding hydrogens is 210 g/mol. The van der Waals surface area contributed by atoms with Gasteiger partial charge in [-0.15, -0.1) is 0 Å². The number of hydrogen-bond acceptors (Lipinski definition) is 5. The molecule has 0 bridgehead atoms. The minimum Gasteiger partial charge on any atom is -0.368 e. The van der Waals surface area contributed by atoms with Gasteiger partial charge in [0.05, 0.1) is 17.0 Å². The van der Waals surface area contributed by atoms with Gasteiger partial charge in [0.1, 0.15) is 0 Å². The first-order valence-corrected chi connectivity index (χ1v) is 5.29. The van der Waals surface area contributed by atoms with E-state index < -0.39 is 0 Å². The fourth-order valence-electron chi connectivity index (χ4n) is 0.877. The Morgan fingerprint density at radius 2 is 2.40 bits per heavy atom. The maximum Gasteiger partial charge on any atom is 0.220 e. The summed E-state index contributed by atoms with van der Waals surface area (Å²) in [7, 11) is 0. The number of aromatic nitrogens is 2. The molecule has 1 heterocycles. The van der Waals surface area contributed by atoms with Crippen LogP contribution in [0, 0.1) is 18.8 Å². The van der Waals surface area contributed by atoms with Gasteiger partial charge in [-0.25, -0.2) is 9.97 Å². The van der Waals surface area contributed by atoms with Crippen LogP contribution in [0.15, 0.2) is 6.20 Å². The van der Waals surface area contributed by atoms with Gasteiger partial charge in [0.2, 0.25) is 5.95 Å². The molecule has 5 heteroatoms. The van der Waals surface area contributed by atoms with E-state index in [1.807, 2.05) is 6.92 Å². The van der Waals surface area contributed by atoms with E-state index in [-0.39, 0.29) is 11.1 Å². The predicted molar refractivity (Wildman–Crippen MR) is 61.2 cm³/mol. The van der Waals surface area contributed by atoms with Crippen molar-refractivity contribution in [2.75, 3.05) is 11.5 Å². The van der Waals surface area contributed by atoms with Crippen LogP contribution >= 0.6 is 11.8 Å². The van der Waals surface area contributed by atoms with E-state index in [9.17, 15) is 4.79 Å². The fraction of sp³-hybridized carbons (Fsp3) is 0.300. The molecule has 0 fully saturated rings. The molecule has 0 saturated carbocycles. The highest BCUT2D eigenvalue weighted by Gasteiger charge is 1.97. The molecule has 78 valence electrons. The van der Waals surface area contributed by atoms with Gasteiger partial charge in [0.15, 0.2) is 5.12 Å². The number of carbonyl (C=O) groups excluding carboxylic acids is 1. The van der Waals surface area contributed by atoms with E-state index in [0.29, 0.717) is 5.75 Å². The second kappa shape index (κ2) is 5.37. The number of hydrogen-bond donors (Lipinski definition) is 1. The smallest absolute Gasteiger partial charge is 0.220 e. The summed E-state index contributed by atoms with van der Waals surface area (Å²) >= 11 is 1.18. The van der Waals surface area contributed by atoms with Crippen LogP contribution in [-0.4, -0.2) is 20.8 Å². The topological polar surface area (TPSA) is 68.9 Å². The lowest BCUT2D eigenvalue weighted by molar-refractivity contribution is -0.109. The molecule has 0 aliphatic rings. The van der Waals surface area contributed by atoms with Gasteiger partial charge < -0.3 is 5.73 Å². The molecule has 0 spiro atoms. The minimum absolute atomic E-state index is 0.0644. The first kappa shape index (κ1) is 11.5. The van der Waals surface area contributed by atoms with Crippen molar-refractivity contribution in [3.63, 3.8) is 0 Å². The van der Waals surface area contributed by atoms with Gasteiger partial charge in [-0.1, -0.05) is 23.6 Å². The molecule has 15 heavy (non-hydrogen) atoms. The highest BCUT2D eigenvalue weighted by Crippen LogP contribution is 2.03. The number of anilines is 1. The molecule has 2 N–H and O–H groups in total. The van der Waals surface area contributed by atoms with Crippen LogP contribution in [-0.2, 0) is 4.79 Å². The molecule has 0 atom stereocenters. The maximum absolute atomic E-state index is 10.6. The number of carbonyl (C=O) groups is 1. The van der Waals surface area contributed by atoms with Crippen LogP contribution in [0.1, 0.15) is 18.2 Å². The average molecular weight is 221 g/mol. The highest BCUT2D eigenvalue weighted by molar-refractivity contribution is 8.13. The van der Waals surface area contributed by atoms with Crippen LogP contribution in [0.25, 0.3) is 0 Å². The van der Waals surface area contributed by atoms with E-state index in [2.05, 4.69) is 21.8 Å². The second-order valence-electron chi connectivity index (χ2n) is 2.81. The molecule has 0 amide bonds. The van der Waals surface area contributed by atoms with Crippen LogP contribution < -0.4 is 5.73 Å². The van der Waals surface area contributed by atoms with Crippen LogP contribution in [0.2, 0.25) is 0 Å². The predicted octanol–water partition coefficient (Wildman–Crippen LogP) is 0.998. The lowest BCUT2D eigenvalue weighted by Crippen LogP contribution is -1.98. The Bertz CT molecular complexity index is 434. The molecule has 1 rings (SSSR count). The van der Waals surface area contributed by atoms with E-state index in [4.69, 9.17) is 5.73 Å². The van der Waals surface area contributed by atoms with Gasteiger partial charge in [-0.3, -0.25) is 4.79 Å². The molecule has 1 aromatic rings. The quantitative estimate of drug-likeness (QED) is 0.716. The summed E-state index contributed by atoms with van der Waals surface area (Å²) in [6.45, 7) is 3.34. The number of nitrogen functional groups attached to an aromatic ring is 1. The third-order valence-corrected chi connectivity index (χ3v) is 2.26. The zero-order chi connectivity index (χ0) is 11.3. The van der Waals surface area contributed by atoms with Crippen molar-refractivity contribution in [1.29, 1.82) is 0 Å². The summed E-state index contributed by atoms with van der Waals surface area (Å²) in [5, 5.41) is 0.0644. The van der Waals surface area contributed by atoms with Crippen molar-refractivity contribution in [1.82, 2.24) is 9.97 Å². The number of nitrogens with zero attached hydrogens (tertiary/aromatic N) is 2. The van der Waals surface area contributed by atoms with E-state index in [1.54, 1.807) is 6.20 Å². The zero-order valence-corrected chi connectivity index (χ0v) is 9.39. The Morgan fingerprint density at radius 3 is 3.00 bits per heavy atom. The van der Waals surface area contributed by atoms with E-state index in [0.717, 1.165) is 11.3 Å². The monoisotopic (exact) mass is 221 g/mol. The highest BCUT2D eigenvalue weighted by atomic mass is 32.2.